The van der Waals surface area contributed by atoms with Crippen molar-refractivity contribution in [1.82, 2.24) is 5.32 Å². The van der Waals surface area contributed by atoms with Gasteiger partial charge in [-0.25, -0.2) is 13.2 Å². The summed E-state index contributed by atoms with van der Waals surface area (Å²) in [6, 6.07) is 5.65. The molecule has 0 bridgehead atoms. The highest BCUT2D eigenvalue weighted by Gasteiger charge is 2.24. The fourth-order valence-electron chi connectivity index (χ4n) is 2.67. The summed E-state index contributed by atoms with van der Waals surface area (Å²) >= 11 is 0.954. The maximum atomic E-state index is 12.7. The average Bonchev–Trinajstić information content (AvgIpc) is 3.17. The number of hydrogen-bond donors (Lipinski definition) is 6. The van der Waals surface area contributed by atoms with Crippen LogP contribution in [0.5, 0.6) is 0 Å². The Kier molecular flexibility index (Phi) is 8.76. The monoisotopic (exact) mass is 496 g/mol. The van der Waals surface area contributed by atoms with E-state index in [1.54, 1.807) is 0 Å². The van der Waals surface area contributed by atoms with Gasteiger partial charge < -0.3 is 27.2 Å². The number of thiophene rings is 1. The van der Waals surface area contributed by atoms with Gasteiger partial charge >= 0.3 is 5.97 Å². The third-order valence-electron chi connectivity index (χ3n) is 4.15. The maximum Gasteiger partial charge on any atom is 0.326 e. The van der Waals surface area contributed by atoms with E-state index in [0.29, 0.717) is 12.1 Å². The zero-order valence-electron chi connectivity index (χ0n) is 17.6. The van der Waals surface area contributed by atoms with Crippen LogP contribution in [0.25, 0.3) is 0 Å². The summed E-state index contributed by atoms with van der Waals surface area (Å²) in [7, 11) is -4.05. The molecule has 14 heteroatoms. The number of aliphatic carboxylic acids is 1. The highest BCUT2D eigenvalue weighted by Crippen LogP contribution is 2.26. The Morgan fingerprint density at radius 2 is 1.82 bits per heavy atom. The smallest absolute Gasteiger partial charge is 0.326 e. The minimum Gasteiger partial charge on any atom is -0.480 e. The molecule has 2 rings (SSSR count). The van der Waals surface area contributed by atoms with Crippen LogP contribution in [0.4, 0.5) is 11.4 Å². The number of benzene rings is 1. The molecule has 1 atom stereocenters. The van der Waals surface area contributed by atoms with E-state index in [9.17, 15) is 27.9 Å². The lowest BCUT2D eigenvalue weighted by atomic mass is 10.1. The second-order valence-corrected chi connectivity index (χ2v) is 9.39. The number of carboxylic acid groups (broad SMARTS) is 1. The maximum absolute atomic E-state index is 12.7. The van der Waals surface area contributed by atoms with Crippen molar-refractivity contribution < 1.29 is 27.9 Å². The van der Waals surface area contributed by atoms with E-state index in [0.717, 1.165) is 11.3 Å². The summed E-state index contributed by atoms with van der Waals surface area (Å²) in [4.78, 5) is 38.9. The van der Waals surface area contributed by atoms with Crippen LogP contribution in [0.3, 0.4) is 0 Å². The molecule has 33 heavy (non-hydrogen) atoms. The summed E-state index contributed by atoms with van der Waals surface area (Å²) in [6.45, 7) is 1.53. The Morgan fingerprint density at radius 1 is 1.15 bits per heavy atom. The van der Waals surface area contributed by atoms with Gasteiger partial charge in [0.15, 0.2) is 5.96 Å². The zero-order chi connectivity index (χ0) is 24.6. The minimum atomic E-state index is -4.05. The van der Waals surface area contributed by atoms with Gasteiger partial charge in [-0.05, 0) is 48.6 Å². The van der Waals surface area contributed by atoms with Crippen LogP contribution >= 0.6 is 11.3 Å². The van der Waals surface area contributed by atoms with Crippen molar-refractivity contribution in [2.45, 2.75) is 30.7 Å². The SMILES string of the molecule is CC(=O)Nc1ccc(S(=O)(=O)Nc2ccsc2C(=O)N[C@@H](CCCN=C(N)N)C(=O)O)cc1. The van der Waals surface area contributed by atoms with Crippen LogP contribution < -0.4 is 26.8 Å². The molecular formula is C19H24N6O6S2. The Labute approximate surface area is 194 Å². The third kappa shape index (κ3) is 7.76. The second-order valence-electron chi connectivity index (χ2n) is 6.79. The quantitative estimate of drug-likeness (QED) is 0.148. The molecule has 0 aliphatic carbocycles. The molecule has 0 unspecified atom stereocenters. The lowest BCUT2D eigenvalue weighted by molar-refractivity contribution is -0.139. The summed E-state index contributed by atoms with van der Waals surface area (Å²) < 4.78 is 27.8. The topological polar surface area (TPSA) is 206 Å². The van der Waals surface area contributed by atoms with Gasteiger partial charge in [0.2, 0.25) is 5.91 Å². The van der Waals surface area contributed by atoms with Crippen molar-refractivity contribution in [2.75, 3.05) is 16.6 Å². The molecule has 8 N–H and O–H groups in total. The van der Waals surface area contributed by atoms with E-state index in [4.69, 9.17) is 11.5 Å². The molecule has 0 fully saturated rings. The fraction of sp³-hybridized carbons (Fsp3) is 0.263. The van der Waals surface area contributed by atoms with Gasteiger partial charge in [0, 0.05) is 19.2 Å². The fourth-order valence-corrected chi connectivity index (χ4v) is 4.56. The van der Waals surface area contributed by atoms with Gasteiger partial charge in [0.25, 0.3) is 15.9 Å². The molecule has 0 saturated carbocycles. The molecular weight excluding hydrogens is 472 g/mol. The Hall–Kier alpha value is -3.65. The van der Waals surface area contributed by atoms with Gasteiger partial charge in [-0.1, -0.05) is 0 Å². The molecule has 1 aromatic heterocycles. The molecule has 12 nitrogen and oxygen atoms in total. The van der Waals surface area contributed by atoms with Crippen LogP contribution in [0.1, 0.15) is 29.4 Å². The van der Waals surface area contributed by atoms with E-state index >= 15 is 0 Å². The number of carbonyl (C=O) groups is 3. The second kappa shape index (κ2) is 11.3. The molecule has 2 amide bonds. The summed E-state index contributed by atoms with van der Waals surface area (Å²) in [5, 5.41) is 15.8. The number of sulfonamides is 1. The van der Waals surface area contributed by atoms with Crippen molar-refractivity contribution >= 4 is 56.5 Å². The predicted molar refractivity (Wildman–Crippen MR) is 125 cm³/mol. The van der Waals surface area contributed by atoms with Gasteiger partial charge in [0.05, 0.1) is 10.6 Å². The molecule has 2 aromatic rings. The first-order valence-corrected chi connectivity index (χ1v) is 11.9. The van der Waals surface area contributed by atoms with Crippen molar-refractivity contribution in [3.8, 4) is 0 Å². The number of anilines is 2. The first-order chi connectivity index (χ1) is 15.5. The third-order valence-corrected chi connectivity index (χ3v) is 6.44. The molecule has 0 aliphatic rings. The van der Waals surface area contributed by atoms with Gasteiger partial charge in [-0.15, -0.1) is 11.3 Å². The first-order valence-electron chi connectivity index (χ1n) is 9.56. The van der Waals surface area contributed by atoms with Crippen LogP contribution in [0, 0.1) is 0 Å². The molecule has 1 aromatic carbocycles. The van der Waals surface area contributed by atoms with E-state index in [-0.39, 0.29) is 40.3 Å². The Balaban J connectivity index is 2.10. The molecule has 0 aliphatic heterocycles. The van der Waals surface area contributed by atoms with E-state index in [1.807, 2.05) is 0 Å². The van der Waals surface area contributed by atoms with Gasteiger partial charge in [-0.3, -0.25) is 19.3 Å². The highest BCUT2D eigenvalue weighted by atomic mass is 32.2. The molecule has 0 radical (unpaired) electrons. The van der Waals surface area contributed by atoms with Crippen LogP contribution in [0.2, 0.25) is 0 Å². The zero-order valence-corrected chi connectivity index (χ0v) is 19.2. The number of guanidine groups is 1. The van der Waals surface area contributed by atoms with Crippen LogP contribution in [0.15, 0.2) is 45.6 Å². The number of rotatable bonds is 11. The number of carboxylic acids is 1. The normalized spacial score (nSPS) is 11.8. The van der Waals surface area contributed by atoms with Crippen molar-refractivity contribution in [3.05, 3.63) is 40.6 Å². The number of nitrogens with one attached hydrogen (secondary N) is 3. The number of nitrogens with zero attached hydrogens (tertiary/aromatic N) is 1. The van der Waals surface area contributed by atoms with Crippen molar-refractivity contribution in [3.63, 3.8) is 0 Å². The van der Waals surface area contributed by atoms with Gasteiger partial charge in [-0.2, -0.15) is 0 Å². The van der Waals surface area contributed by atoms with E-state index in [2.05, 4.69) is 20.3 Å². The number of hydrogen-bond acceptors (Lipinski definition) is 7. The van der Waals surface area contributed by atoms with Crippen LogP contribution in [-0.2, 0) is 19.6 Å². The lowest BCUT2D eigenvalue weighted by Crippen LogP contribution is -2.40. The molecule has 0 spiro atoms. The standard InChI is InChI=1S/C19H24N6O6S2/c1-11(26)23-12-4-6-13(7-5-12)33(30,31)25-14-8-10-32-16(14)17(27)24-15(18(28)29)3-2-9-22-19(20)21/h4-8,10,15,25H,2-3,9H2,1H3,(H,23,26)(H,24,27)(H,28,29)(H4,20,21,22)/t15-/m0/s1. The largest absolute Gasteiger partial charge is 0.480 e. The molecule has 178 valence electrons. The summed E-state index contributed by atoms with van der Waals surface area (Å²) in [5.41, 5.74) is 10.9. The minimum absolute atomic E-state index is 0.00362. The lowest BCUT2D eigenvalue weighted by Gasteiger charge is -2.15. The Morgan fingerprint density at radius 3 is 2.39 bits per heavy atom. The first kappa shape index (κ1) is 25.6. The molecule has 1 heterocycles. The summed E-state index contributed by atoms with van der Waals surface area (Å²) in [6.07, 6.45) is 0.387. The van der Waals surface area contributed by atoms with Gasteiger partial charge in [0.1, 0.15) is 10.9 Å². The van der Waals surface area contributed by atoms with Crippen molar-refractivity contribution in [1.29, 1.82) is 0 Å². The number of aliphatic imine (C=N–C) groups is 1. The van der Waals surface area contributed by atoms with E-state index in [1.165, 1.54) is 42.6 Å². The Bertz CT molecular complexity index is 1140. The molecule has 0 saturated heterocycles. The predicted octanol–water partition coefficient (Wildman–Crippen LogP) is 0.744. The highest BCUT2D eigenvalue weighted by molar-refractivity contribution is 7.92. The number of carbonyl (C=O) groups excluding carboxylic acids is 2. The summed E-state index contributed by atoms with van der Waals surface area (Å²) in [5.74, 6) is -2.40. The van der Waals surface area contributed by atoms with Crippen molar-refractivity contribution in [2.24, 2.45) is 16.5 Å². The van der Waals surface area contributed by atoms with Crippen LogP contribution in [-0.4, -0.2) is 49.9 Å². The number of nitrogens with two attached hydrogens (primary N) is 2. The average molecular weight is 497 g/mol. The number of amides is 2. The van der Waals surface area contributed by atoms with E-state index < -0.39 is 27.9 Å².